The lowest BCUT2D eigenvalue weighted by atomic mass is 10.2. The SMILES string of the molecule is COC(=O)C(O)(NC(=O)C(F)(F)F)C(F)(F)F. The minimum absolute atomic E-state index is 0.116. The van der Waals surface area contributed by atoms with Crippen LogP contribution >= 0.6 is 0 Å². The van der Waals surface area contributed by atoms with E-state index in [1.54, 1.807) is 0 Å². The van der Waals surface area contributed by atoms with Crippen molar-refractivity contribution in [2.45, 2.75) is 18.1 Å². The van der Waals surface area contributed by atoms with Gasteiger partial charge in [0, 0.05) is 0 Å². The first-order valence-electron chi connectivity index (χ1n) is 3.63. The van der Waals surface area contributed by atoms with Gasteiger partial charge in [0.25, 0.3) is 0 Å². The number of carbonyl (C=O) groups excluding carboxylic acids is 2. The Morgan fingerprint density at radius 3 is 1.76 bits per heavy atom. The third-order valence-corrected chi connectivity index (χ3v) is 1.44. The van der Waals surface area contributed by atoms with Crippen molar-refractivity contribution in [1.29, 1.82) is 0 Å². The highest BCUT2D eigenvalue weighted by Crippen LogP contribution is 2.30. The molecule has 0 rings (SSSR count). The van der Waals surface area contributed by atoms with Crippen LogP contribution in [0, 0.1) is 0 Å². The molecule has 0 aliphatic rings. The predicted molar refractivity (Wildman–Crippen MR) is 37.2 cm³/mol. The summed E-state index contributed by atoms with van der Waals surface area (Å²) in [6, 6.07) is 0. The Hall–Kier alpha value is -1.52. The number of carbonyl (C=O) groups is 2. The van der Waals surface area contributed by atoms with Crippen LogP contribution in [0.15, 0.2) is 0 Å². The maximum atomic E-state index is 12.2. The summed E-state index contributed by atoms with van der Waals surface area (Å²) in [5.41, 5.74) is -4.76. The fraction of sp³-hybridized carbons (Fsp3) is 0.667. The normalized spacial score (nSPS) is 16.0. The second-order valence-electron chi connectivity index (χ2n) is 2.65. The molecular weight excluding hydrogens is 264 g/mol. The first kappa shape index (κ1) is 15.5. The molecule has 0 spiro atoms. The maximum absolute atomic E-state index is 12.2. The lowest BCUT2D eigenvalue weighted by Gasteiger charge is -2.28. The third kappa shape index (κ3) is 3.22. The van der Waals surface area contributed by atoms with Gasteiger partial charge in [-0.15, -0.1) is 0 Å². The van der Waals surface area contributed by atoms with Crippen LogP contribution in [0.3, 0.4) is 0 Å². The van der Waals surface area contributed by atoms with Crippen LogP contribution < -0.4 is 5.32 Å². The molecule has 0 saturated heterocycles. The van der Waals surface area contributed by atoms with E-state index in [1.807, 2.05) is 0 Å². The lowest BCUT2D eigenvalue weighted by Crippen LogP contribution is -2.66. The molecule has 0 aromatic heterocycles. The molecule has 0 aromatic rings. The van der Waals surface area contributed by atoms with E-state index in [1.165, 1.54) is 0 Å². The standard InChI is InChI=1S/C6H5F6NO4/c1-17-3(15)4(16,6(10,11)12)13-2(14)5(7,8)9/h16H,1H3,(H,13,14). The number of nitrogens with one attached hydrogen (secondary N) is 1. The first-order chi connectivity index (χ1) is 7.36. The molecule has 0 aliphatic carbocycles. The molecule has 0 fully saturated rings. The van der Waals surface area contributed by atoms with E-state index in [4.69, 9.17) is 5.11 Å². The summed E-state index contributed by atoms with van der Waals surface area (Å²) in [6.07, 6.45) is -11.6. The molecule has 1 unspecified atom stereocenters. The van der Waals surface area contributed by atoms with E-state index in [2.05, 4.69) is 4.74 Å². The van der Waals surface area contributed by atoms with Gasteiger partial charge in [0.05, 0.1) is 7.11 Å². The van der Waals surface area contributed by atoms with Gasteiger partial charge in [-0.05, 0) is 0 Å². The summed E-state index contributed by atoms with van der Waals surface area (Å²) >= 11 is 0. The first-order valence-corrected chi connectivity index (χ1v) is 3.63. The highest BCUT2D eigenvalue weighted by atomic mass is 19.4. The van der Waals surface area contributed by atoms with Crippen LogP contribution in [0.25, 0.3) is 0 Å². The topological polar surface area (TPSA) is 75.6 Å². The predicted octanol–water partition coefficient (Wildman–Crippen LogP) is 0.0888. The summed E-state index contributed by atoms with van der Waals surface area (Å²) in [4.78, 5) is 20.8. The number of rotatable bonds is 2. The second kappa shape index (κ2) is 4.39. The highest BCUT2D eigenvalue weighted by molar-refractivity contribution is 5.89. The van der Waals surface area contributed by atoms with Crippen molar-refractivity contribution >= 4 is 11.9 Å². The largest absolute Gasteiger partial charge is 0.471 e. The van der Waals surface area contributed by atoms with Crippen LogP contribution in [0.5, 0.6) is 0 Å². The smallest absolute Gasteiger partial charge is 0.465 e. The van der Waals surface area contributed by atoms with Crippen LogP contribution in [0.1, 0.15) is 0 Å². The molecule has 0 saturated carbocycles. The summed E-state index contributed by atoms with van der Waals surface area (Å²) in [6.45, 7) is 0. The zero-order valence-electron chi connectivity index (χ0n) is 7.94. The molecule has 1 atom stereocenters. The van der Waals surface area contributed by atoms with E-state index in [0.717, 1.165) is 0 Å². The van der Waals surface area contributed by atoms with Crippen molar-refractivity contribution in [2.24, 2.45) is 0 Å². The molecule has 17 heavy (non-hydrogen) atoms. The van der Waals surface area contributed by atoms with Crippen LogP contribution in [-0.4, -0.2) is 42.2 Å². The van der Waals surface area contributed by atoms with Gasteiger partial charge in [0.2, 0.25) is 0 Å². The third-order valence-electron chi connectivity index (χ3n) is 1.44. The van der Waals surface area contributed by atoms with Gasteiger partial charge in [-0.3, -0.25) is 4.79 Å². The van der Waals surface area contributed by atoms with Gasteiger partial charge in [-0.1, -0.05) is 0 Å². The summed E-state index contributed by atoms with van der Waals surface area (Å²) in [7, 11) is 0.388. The maximum Gasteiger partial charge on any atom is 0.471 e. The van der Waals surface area contributed by atoms with Crippen molar-refractivity contribution < 1.29 is 45.8 Å². The second-order valence-corrected chi connectivity index (χ2v) is 2.65. The van der Waals surface area contributed by atoms with Gasteiger partial charge >= 0.3 is 30.0 Å². The molecule has 0 heterocycles. The number of alkyl halides is 6. The molecule has 5 nitrogen and oxygen atoms in total. The fourth-order valence-corrected chi connectivity index (χ4v) is 0.621. The van der Waals surface area contributed by atoms with E-state index in [0.29, 0.717) is 7.11 Å². The van der Waals surface area contributed by atoms with Crippen molar-refractivity contribution in [3.63, 3.8) is 0 Å². The Kier molecular flexibility index (Phi) is 4.00. The molecule has 0 aliphatic heterocycles. The average Bonchev–Trinajstić information content (AvgIpc) is 2.12. The monoisotopic (exact) mass is 269 g/mol. The van der Waals surface area contributed by atoms with Gasteiger partial charge in [-0.2, -0.15) is 26.3 Å². The number of aliphatic hydroxyl groups is 1. The molecular formula is C6H5F6NO4. The Bertz CT molecular complexity index is 323. The quantitative estimate of drug-likeness (QED) is 0.423. The van der Waals surface area contributed by atoms with Crippen molar-refractivity contribution in [3.05, 3.63) is 0 Å². The molecule has 11 heteroatoms. The van der Waals surface area contributed by atoms with Crippen molar-refractivity contribution in [3.8, 4) is 0 Å². The van der Waals surface area contributed by atoms with Crippen LogP contribution in [-0.2, 0) is 14.3 Å². The summed E-state index contributed by atoms with van der Waals surface area (Å²) in [5.74, 6) is -5.63. The van der Waals surface area contributed by atoms with Gasteiger partial charge in [0.15, 0.2) is 0 Å². The summed E-state index contributed by atoms with van der Waals surface area (Å²) < 4.78 is 75.0. The molecule has 1 amide bonds. The molecule has 0 bridgehead atoms. The number of amides is 1. The lowest BCUT2D eigenvalue weighted by molar-refractivity contribution is -0.274. The molecule has 100 valence electrons. The zero-order chi connectivity index (χ0) is 14.1. The molecule has 0 radical (unpaired) electrons. The minimum Gasteiger partial charge on any atom is -0.465 e. The number of ether oxygens (including phenoxy) is 1. The Morgan fingerprint density at radius 2 is 1.53 bits per heavy atom. The van der Waals surface area contributed by atoms with Crippen molar-refractivity contribution in [2.75, 3.05) is 7.11 Å². The number of methoxy groups -OCH3 is 1. The molecule has 2 N–H and O–H groups in total. The average molecular weight is 269 g/mol. The van der Waals surface area contributed by atoms with E-state index >= 15 is 0 Å². The Balaban J connectivity index is 5.26. The summed E-state index contributed by atoms with van der Waals surface area (Å²) in [5, 5.41) is 8.83. The fourth-order valence-electron chi connectivity index (χ4n) is 0.621. The van der Waals surface area contributed by atoms with Crippen LogP contribution in [0.2, 0.25) is 0 Å². The minimum atomic E-state index is -5.87. The van der Waals surface area contributed by atoms with Gasteiger partial charge in [0.1, 0.15) is 0 Å². The van der Waals surface area contributed by atoms with E-state index < -0.39 is 30.0 Å². The Morgan fingerprint density at radius 1 is 1.12 bits per heavy atom. The zero-order valence-corrected chi connectivity index (χ0v) is 7.94. The van der Waals surface area contributed by atoms with Gasteiger partial charge < -0.3 is 15.2 Å². The van der Waals surface area contributed by atoms with E-state index in [-0.39, 0.29) is 5.32 Å². The number of halogens is 6. The Labute approximate surface area is 89.3 Å². The van der Waals surface area contributed by atoms with Gasteiger partial charge in [-0.25, -0.2) is 4.79 Å². The van der Waals surface area contributed by atoms with Crippen LogP contribution in [0.4, 0.5) is 26.3 Å². The van der Waals surface area contributed by atoms with Crippen molar-refractivity contribution in [1.82, 2.24) is 5.32 Å². The number of hydrogen-bond acceptors (Lipinski definition) is 4. The highest BCUT2D eigenvalue weighted by Gasteiger charge is 2.64. The number of esters is 1. The molecule has 0 aromatic carbocycles. The number of hydrogen-bond donors (Lipinski definition) is 2. The van der Waals surface area contributed by atoms with E-state index in [9.17, 15) is 35.9 Å².